The number of ether oxygens (including phenoxy) is 2. The molecule has 0 saturated carbocycles. The smallest absolute Gasteiger partial charge is 0.339 e. The minimum absolute atomic E-state index is 0.154. The zero-order valence-corrected chi connectivity index (χ0v) is 13.6. The predicted octanol–water partition coefficient (Wildman–Crippen LogP) is 2.79. The summed E-state index contributed by atoms with van der Waals surface area (Å²) in [6.07, 6.45) is -1.09. The number of benzene rings is 2. The van der Waals surface area contributed by atoms with Crippen LogP contribution in [0.1, 0.15) is 17.3 Å². The molecular formula is C17H16N2O6. The standard InChI is InChI=1S/C17H16N2O6/c1-11(25-17(21)12-5-3-8-15(9-12)24-2)16(20)18-13-6-4-7-14(10-13)19(22)23/h3-11H,1-2H3,(H,18,20). The molecule has 8 heteroatoms. The number of anilines is 1. The van der Waals surface area contributed by atoms with Crippen molar-refractivity contribution in [3.63, 3.8) is 0 Å². The Morgan fingerprint density at radius 3 is 2.56 bits per heavy atom. The fraction of sp³-hybridized carbons (Fsp3) is 0.176. The lowest BCUT2D eigenvalue weighted by molar-refractivity contribution is -0.384. The van der Waals surface area contributed by atoms with Crippen LogP contribution in [0.3, 0.4) is 0 Å². The van der Waals surface area contributed by atoms with Gasteiger partial charge in [0.05, 0.1) is 17.6 Å². The van der Waals surface area contributed by atoms with Gasteiger partial charge in [0.15, 0.2) is 6.10 Å². The average Bonchev–Trinajstić information content (AvgIpc) is 2.61. The van der Waals surface area contributed by atoms with Gasteiger partial charge in [0.2, 0.25) is 0 Å². The molecule has 2 rings (SSSR count). The Hall–Kier alpha value is -3.42. The molecule has 1 atom stereocenters. The Kier molecular flexibility index (Phi) is 5.67. The molecule has 0 heterocycles. The monoisotopic (exact) mass is 344 g/mol. The second-order valence-corrected chi connectivity index (χ2v) is 5.08. The molecule has 0 spiro atoms. The van der Waals surface area contributed by atoms with Crippen molar-refractivity contribution in [2.45, 2.75) is 13.0 Å². The van der Waals surface area contributed by atoms with E-state index in [-0.39, 0.29) is 16.9 Å². The Labute approximate surface area is 143 Å². The number of methoxy groups -OCH3 is 1. The number of nitrogens with one attached hydrogen (secondary N) is 1. The predicted molar refractivity (Wildman–Crippen MR) is 89.6 cm³/mol. The normalized spacial score (nSPS) is 11.3. The van der Waals surface area contributed by atoms with E-state index in [0.29, 0.717) is 5.75 Å². The molecule has 1 N–H and O–H groups in total. The molecular weight excluding hydrogens is 328 g/mol. The van der Waals surface area contributed by atoms with Gasteiger partial charge in [-0.25, -0.2) is 4.79 Å². The van der Waals surface area contributed by atoms with Crippen molar-refractivity contribution >= 4 is 23.3 Å². The topological polar surface area (TPSA) is 108 Å². The highest BCUT2D eigenvalue weighted by atomic mass is 16.6. The minimum atomic E-state index is -1.09. The van der Waals surface area contributed by atoms with E-state index in [1.54, 1.807) is 12.1 Å². The summed E-state index contributed by atoms with van der Waals surface area (Å²) in [4.78, 5) is 34.4. The van der Waals surface area contributed by atoms with Gasteiger partial charge in [-0.1, -0.05) is 12.1 Å². The number of nitro groups is 1. The van der Waals surface area contributed by atoms with Crippen molar-refractivity contribution in [3.05, 3.63) is 64.2 Å². The van der Waals surface area contributed by atoms with Gasteiger partial charge in [-0.15, -0.1) is 0 Å². The highest BCUT2D eigenvalue weighted by Gasteiger charge is 2.20. The van der Waals surface area contributed by atoms with E-state index in [1.165, 1.54) is 50.4 Å². The van der Waals surface area contributed by atoms with E-state index in [9.17, 15) is 19.7 Å². The summed E-state index contributed by atoms with van der Waals surface area (Å²) in [5.74, 6) is -0.791. The maximum atomic E-state index is 12.1. The lowest BCUT2D eigenvalue weighted by Crippen LogP contribution is -2.30. The summed E-state index contributed by atoms with van der Waals surface area (Å²) in [5, 5.41) is 13.2. The lowest BCUT2D eigenvalue weighted by Gasteiger charge is -2.13. The van der Waals surface area contributed by atoms with E-state index in [2.05, 4.69) is 5.32 Å². The number of carbonyl (C=O) groups is 2. The second kappa shape index (κ2) is 7.91. The molecule has 0 fully saturated rings. The first-order chi connectivity index (χ1) is 11.9. The molecule has 0 aromatic heterocycles. The van der Waals surface area contributed by atoms with Crippen LogP contribution in [0.2, 0.25) is 0 Å². The van der Waals surface area contributed by atoms with Gasteiger partial charge < -0.3 is 14.8 Å². The Morgan fingerprint density at radius 1 is 1.16 bits per heavy atom. The van der Waals surface area contributed by atoms with Gasteiger partial charge in [0.25, 0.3) is 11.6 Å². The number of amides is 1. The van der Waals surface area contributed by atoms with Crippen LogP contribution in [0.4, 0.5) is 11.4 Å². The van der Waals surface area contributed by atoms with Gasteiger partial charge in [-0.05, 0) is 31.2 Å². The zero-order chi connectivity index (χ0) is 18.4. The van der Waals surface area contributed by atoms with Crippen LogP contribution in [0.5, 0.6) is 5.75 Å². The number of esters is 1. The first-order valence-electron chi connectivity index (χ1n) is 7.31. The van der Waals surface area contributed by atoms with Crippen LogP contribution in [-0.2, 0) is 9.53 Å². The summed E-state index contributed by atoms with van der Waals surface area (Å²) < 4.78 is 10.1. The first kappa shape index (κ1) is 17.9. The third-order valence-corrected chi connectivity index (χ3v) is 3.28. The summed E-state index contributed by atoms with van der Waals surface area (Å²) in [6.45, 7) is 1.41. The van der Waals surface area contributed by atoms with Crippen LogP contribution in [0, 0.1) is 10.1 Å². The third-order valence-electron chi connectivity index (χ3n) is 3.28. The van der Waals surface area contributed by atoms with E-state index < -0.39 is 22.9 Å². The number of hydrogen-bond acceptors (Lipinski definition) is 6. The van der Waals surface area contributed by atoms with E-state index >= 15 is 0 Å². The molecule has 1 amide bonds. The van der Waals surface area contributed by atoms with Gasteiger partial charge >= 0.3 is 5.97 Å². The zero-order valence-electron chi connectivity index (χ0n) is 13.6. The number of nitrogens with zero attached hydrogens (tertiary/aromatic N) is 1. The molecule has 0 aliphatic carbocycles. The quantitative estimate of drug-likeness (QED) is 0.490. The first-order valence-corrected chi connectivity index (χ1v) is 7.31. The molecule has 0 radical (unpaired) electrons. The molecule has 2 aromatic rings. The SMILES string of the molecule is COc1cccc(C(=O)OC(C)C(=O)Nc2cccc([N+](=O)[O-])c2)c1. The van der Waals surface area contributed by atoms with Crippen molar-refractivity contribution in [1.29, 1.82) is 0 Å². The van der Waals surface area contributed by atoms with Crippen molar-refractivity contribution in [3.8, 4) is 5.75 Å². The number of nitro benzene ring substituents is 1. The molecule has 2 aromatic carbocycles. The number of rotatable bonds is 6. The molecule has 0 saturated heterocycles. The van der Waals surface area contributed by atoms with Crippen LogP contribution >= 0.6 is 0 Å². The molecule has 0 bridgehead atoms. The van der Waals surface area contributed by atoms with E-state index in [1.807, 2.05) is 0 Å². The van der Waals surface area contributed by atoms with Crippen LogP contribution < -0.4 is 10.1 Å². The summed E-state index contributed by atoms with van der Waals surface area (Å²) in [5.41, 5.74) is 0.330. The summed E-state index contributed by atoms with van der Waals surface area (Å²) in [6, 6.07) is 11.8. The molecule has 130 valence electrons. The molecule has 0 aliphatic rings. The average molecular weight is 344 g/mol. The van der Waals surface area contributed by atoms with Crippen LogP contribution in [-0.4, -0.2) is 30.0 Å². The largest absolute Gasteiger partial charge is 0.497 e. The van der Waals surface area contributed by atoms with Crippen molar-refractivity contribution in [2.75, 3.05) is 12.4 Å². The maximum absolute atomic E-state index is 12.1. The van der Waals surface area contributed by atoms with Crippen molar-refractivity contribution in [2.24, 2.45) is 0 Å². The second-order valence-electron chi connectivity index (χ2n) is 5.08. The highest BCUT2D eigenvalue weighted by molar-refractivity contribution is 5.97. The van der Waals surface area contributed by atoms with Crippen molar-refractivity contribution < 1.29 is 24.0 Å². The summed E-state index contributed by atoms with van der Waals surface area (Å²) in [7, 11) is 1.47. The molecule has 1 unspecified atom stereocenters. The number of carbonyl (C=O) groups excluding carboxylic acids is 2. The van der Waals surface area contributed by atoms with Crippen LogP contribution in [0.15, 0.2) is 48.5 Å². The highest BCUT2D eigenvalue weighted by Crippen LogP contribution is 2.18. The van der Waals surface area contributed by atoms with Gasteiger partial charge in [0.1, 0.15) is 5.75 Å². The van der Waals surface area contributed by atoms with Crippen LogP contribution in [0.25, 0.3) is 0 Å². The van der Waals surface area contributed by atoms with Gasteiger partial charge in [-0.3, -0.25) is 14.9 Å². The Morgan fingerprint density at radius 2 is 1.88 bits per heavy atom. The Bertz CT molecular complexity index is 805. The fourth-order valence-electron chi connectivity index (χ4n) is 1.97. The number of hydrogen-bond donors (Lipinski definition) is 1. The molecule has 25 heavy (non-hydrogen) atoms. The van der Waals surface area contributed by atoms with E-state index in [4.69, 9.17) is 9.47 Å². The minimum Gasteiger partial charge on any atom is -0.497 e. The Balaban J connectivity index is 2.01. The van der Waals surface area contributed by atoms with Gasteiger partial charge in [0, 0.05) is 17.8 Å². The lowest BCUT2D eigenvalue weighted by atomic mass is 10.2. The third kappa shape index (κ3) is 4.77. The van der Waals surface area contributed by atoms with Gasteiger partial charge in [-0.2, -0.15) is 0 Å². The number of non-ortho nitro benzene ring substituents is 1. The summed E-state index contributed by atoms with van der Waals surface area (Å²) >= 11 is 0. The van der Waals surface area contributed by atoms with Crippen molar-refractivity contribution in [1.82, 2.24) is 0 Å². The maximum Gasteiger partial charge on any atom is 0.339 e. The fourth-order valence-corrected chi connectivity index (χ4v) is 1.97. The molecule has 0 aliphatic heterocycles. The van der Waals surface area contributed by atoms with E-state index in [0.717, 1.165) is 0 Å². The molecule has 8 nitrogen and oxygen atoms in total.